The molecule has 1 aliphatic heterocycles. The maximum absolute atomic E-state index is 4.95. The standard InChI is InChI=1S/C49H38N4/c1-32-30-44(52(46-22-8-10-28-50-46)42-20-12-16-34-14-4-6-18-38(34)42)40-26-24-37-33(2)31-45(41-27-25-36(32)48(40)49(37)41)53(47-23-9-11-29-51(47)3)43-21-13-17-35-15-5-7-19-39(35)43/h4-31,47H,1-3H3. The summed E-state index contributed by atoms with van der Waals surface area (Å²) < 4.78 is 0. The van der Waals surface area contributed by atoms with Gasteiger partial charge in [0.25, 0.3) is 0 Å². The predicted octanol–water partition coefficient (Wildman–Crippen LogP) is 12.9. The summed E-state index contributed by atoms with van der Waals surface area (Å²) in [5.74, 6) is 0.887. The number of allylic oxidation sites excluding steroid dienone is 2. The summed E-state index contributed by atoms with van der Waals surface area (Å²) >= 11 is 0. The molecule has 1 unspecified atom stereocenters. The zero-order chi connectivity index (χ0) is 35.6. The third kappa shape index (κ3) is 4.87. The summed E-state index contributed by atoms with van der Waals surface area (Å²) in [4.78, 5) is 12.1. The Morgan fingerprint density at radius 3 is 1.74 bits per heavy atom. The van der Waals surface area contributed by atoms with Crippen LogP contribution in [0.2, 0.25) is 0 Å². The highest BCUT2D eigenvalue weighted by molar-refractivity contribution is 6.29. The lowest BCUT2D eigenvalue weighted by atomic mass is 9.88. The second-order valence-corrected chi connectivity index (χ2v) is 14.2. The van der Waals surface area contributed by atoms with Gasteiger partial charge in [0, 0.05) is 41.0 Å². The fourth-order valence-corrected chi connectivity index (χ4v) is 8.63. The first-order chi connectivity index (χ1) is 26.1. The molecule has 9 aromatic rings. The molecule has 0 radical (unpaired) electrons. The molecule has 0 fully saturated rings. The number of nitrogens with zero attached hydrogens (tertiary/aromatic N) is 4. The molecule has 0 amide bonds. The van der Waals surface area contributed by atoms with Crippen molar-refractivity contribution in [2.75, 3.05) is 16.8 Å². The van der Waals surface area contributed by atoms with Crippen molar-refractivity contribution in [2.24, 2.45) is 0 Å². The van der Waals surface area contributed by atoms with Crippen LogP contribution in [0.15, 0.2) is 170 Å². The van der Waals surface area contributed by atoms with Crippen molar-refractivity contribution in [1.29, 1.82) is 0 Å². The molecule has 1 atom stereocenters. The van der Waals surface area contributed by atoms with E-state index in [4.69, 9.17) is 4.98 Å². The lowest BCUT2D eigenvalue weighted by Gasteiger charge is -2.40. The average molecular weight is 683 g/mol. The Hall–Kier alpha value is -6.65. The van der Waals surface area contributed by atoms with E-state index in [0.717, 1.165) is 17.2 Å². The van der Waals surface area contributed by atoms with E-state index in [0.29, 0.717) is 0 Å². The molecule has 4 heteroatoms. The lowest BCUT2D eigenvalue weighted by Crippen LogP contribution is -2.41. The smallest absolute Gasteiger partial charge is 0.137 e. The molecular weight excluding hydrogens is 645 g/mol. The zero-order valence-corrected chi connectivity index (χ0v) is 30.0. The molecule has 4 nitrogen and oxygen atoms in total. The van der Waals surface area contributed by atoms with Crippen LogP contribution < -0.4 is 9.80 Å². The fourth-order valence-electron chi connectivity index (χ4n) is 8.63. The molecule has 0 saturated heterocycles. The van der Waals surface area contributed by atoms with Gasteiger partial charge in [0.2, 0.25) is 0 Å². The number of hydrogen-bond acceptors (Lipinski definition) is 4. The summed E-state index contributed by atoms with van der Waals surface area (Å²) in [6.45, 7) is 4.51. The van der Waals surface area contributed by atoms with E-state index >= 15 is 0 Å². The third-order valence-corrected chi connectivity index (χ3v) is 11.1. The number of hydrogen-bond donors (Lipinski definition) is 0. The first-order valence-corrected chi connectivity index (χ1v) is 18.3. The molecule has 2 heterocycles. The Bertz CT molecular complexity index is 2900. The summed E-state index contributed by atoms with van der Waals surface area (Å²) in [5, 5.41) is 12.4. The van der Waals surface area contributed by atoms with E-state index in [1.54, 1.807) is 0 Å². The van der Waals surface area contributed by atoms with E-state index in [1.165, 1.54) is 76.4 Å². The Morgan fingerprint density at radius 1 is 0.509 bits per heavy atom. The predicted molar refractivity (Wildman–Crippen MR) is 226 cm³/mol. The van der Waals surface area contributed by atoms with Gasteiger partial charge >= 0.3 is 0 Å². The van der Waals surface area contributed by atoms with E-state index in [9.17, 15) is 0 Å². The molecule has 0 saturated carbocycles. The Kier molecular flexibility index (Phi) is 7.19. The van der Waals surface area contributed by atoms with Gasteiger partial charge in [0.05, 0.1) is 22.7 Å². The van der Waals surface area contributed by atoms with Gasteiger partial charge in [-0.25, -0.2) is 4.98 Å². The molecule has 8 aromatic carbocycles. The molecule has 0 aliphatic carbocycles. The SMILES string of the molecule is Cc1cc(N(c2ccccn2)c2cccc3ccccc23)c2ccc3c(C)cc(N(c4cccc5ccccc45)C4C=CC=CN4C)c4ccc1c2c34. The van der Waals surface area contributed by atoms with Crippen molar-refractivity contribution in [2.45, 2.75) is 20.0 Å². The molecule has 53 heavy (non-hydrogen) atoms. The van der Waals surface area contributed by atoms with Crippen LogP contribution in [-0.4, -0.2) is 23.1 Å². The number of fused-ring (bicyclic) bond motifs is 2. The topological polar surface area (TPSA) is 22.6 Å². The van der Waals surface area contributed by atoms with E-state index in [-0.39, 0.29) is 6.17 Å². The molecule has 0 spiro atoms. The Morgan fingerprint density at radius 2 is 1.08 bits per heavy atom. The number of benzene rings is 8. The third-order valence-electron chi connectivity index (χ3n) is 11.1. The van der Waals surface area contributed by atoms with Crippen LogP contribution in [0, 0.1) is 13.8 Å². The van der Waals surface area contributed by atoms with Crippen LogP contribution in [0.4, 0.5) is 28.6 Å². The quantitative estimate of drug-likeness (QED) is 0.163. The highest BCUT2D eigenvalue weighted by Crippen LogP contribution is 2.49. The minimum atomic E-state index is -0.0213. The summed E-state index contributed by atoms with van der Waals surface area (Å²) in [7, 11) is 2.17. The van der Waals surface area contributed by atoms with Gasteiger partial charge in [0.15, 0.2) is 0 Å². The van der Waals surface area contributed by atoms with Crippen LogP contribution in [0.5, 0.6) is 0 Å². The number of aromatic nitrogens is 1. The van der Waals surface area contributed by atoms with Gasteiger partial charge in [0.1, 0.15) is 12.0 Å². The molecule has 1 aromatic heterocycles. The normalized spacial score (nSPS) is 14.3. The minimum absolute atomic E-state index is 0.0213. The largest absolute Gasteiger partial charge is 0.357 e. The van der Waals surface area contributed by atoms with Crippen molar-refractivity contribution in [1.82, 2.24) is 9.88 Å². The van der Waals surface area contributed by atoms with E-state index in [2.05, 4.69) is 193 Å². The second kappa shape index (κ2) is 12.2. The molecular formula is C49H38N4. The second-order valence-electron chi connectivity index (χ2n) is 14.2. The van der Waals surface area contributed by atoms with Crippen molar-refractivity contribution in [3.05, 3.63) is 181 Å². The maximum Gasteiger partial charge on any atom is 0.137 e. The summed E-state index contributed by atoms with van der Waals surface area (Å²) in [6, 6.07) is 50.9. The number of anilines is 5. The minimum Gasteiger partial charge on any atom is -0.357 e. The maximum atomic E-state index is 4.95. The average Bonchev–Trinajstić information content (AvgIpc) is 3.20. The fraction of sp³-hybridized carbons (Fsp3) is 0.0816. The van der Waals surface area contributed by atoms with Gasteiger partial charge in [-0.05, 0) is 106 Å². The molecule has 0 N–H and O–H groups in total. The van der Waals surface area contributed by atoms with Crippen LogP contribution in [0.3, 0.4) is 0 Å². The van der Waals surface area contributed by atoms with Crippen LogP contribution in [-0.2, 0) is 0 Å². The molecule has 1 aliphatic rings. The number of rotatable bonds is 6. The van der Waals surface area contributed by atoms with E-state index in [1.807, 2.05) is 12.3 Å². The van der Waals surface area contributed by atoms with Gasteiger partial charge in [-0.1, -0.05) is 109 Å². The van der Waals surface area contributed by atoms with Crippen molar-refractivity contribution in [3.63, 3.8) is 0 Å². The first kappa shape index (κ1) is 31.1. The van der Waals surface area contributed by atoms with Crippen molar-refractivity contribution >= 4 is 82.4 Å². The number of aryl methyl sites for hydroxylation is 2. The highest BCUT2D eigenvalue weighted by atomic mass is 15.3. The van der Waals surface area contributed by atoms with Crippen molar-refractivity contribution in [3.8, 4) is 0 Å². The van der Waals surface area contributed by atoms with Gasteiger partial charge < -0.3 is 9.80 Å². The van der Waals surface area contributed by atoms with Crippen LogP contribution >= 0.6 is 0 Å². The van der Waals surface area contributed by atoms with Gasteiger partial charge in [-0.3, -0.25) is 4.90 Å². The Balaban J connectivity index is 1.30. The summed E-state index contributed by atoms with van der Waals surface area (Å²) in [6.07, 6.45) is 10.6. The number of pyridine rings is 1. The zero-order valence-electron chi connectivity index (χ0n) is 30.0. The van der Waals surface area contributed by atoms with Gasteiger partial charge in [-0.15, -0.1) is 0 Å². The van der Waals surface area contributed by atoms with Crippen molar-refractivity contribution < 1.29 is 0 Å². The monoisotopic (exact) mass is 682 g/mol. The lowest BCUT2D eigenvalue weighted by molar-refractivity contribution is 0.385. The Labute approximate surface area is 309 Å². The van der Waals surface area contributed by atoms with E-state index < -0.39 is 0 Å². The van der Waals surface area contributed by atoms with Gasteiger partial charge in [-0.2, -0.15) is 0 Å². The summed E-state index contributed by atoms with van der Waals surface area (Å²) in [5.41, 5.74) is 7.09. The van der Waals surface area contributed by atoms with Crippen LogP contribution in [0.1, 0.15) is 11.1 Å². The van der Waals surface area contributed by atoms with Crippen LogP contribution in [0.25, 0.3) is 53.9 Å². The molecule has 10 rings (SSSR count). The molecule has 0 bridgehead atoms. The highest BCUT2D eigenvalue weighted by Gasteiger charge is 2.28. The number of likely N-dealkylation sites (N-methyl/N-ethyl adjacent to an activating group) is 1. The first-order valence-electron chi connectivity index (χ1n) is 18.3. The molecule has 254 valence electrons.